The van der Waals surface area contributed by atoms with E-state index < -0.39 is 44.7 Å². The third-order valence-corrected chi connectivity index (χ3v) is 6.88. The summed E-state index contributed by atoms with van der Waals surface area (Å²) in [5, 5.41) is 0. The number of halogens is 6. The van der Waals surface area contributed by atoms with Gasteiger partial charge in [0.1, 0.15) is 0 Å². The summed E-state index contributed by atoms with van der Waals surface area (Å²) in [4.78, 5) is 1.93. The lowest BCUT2D eigenvalue weighted by Gasteiger charge is -2.48. The van der Waals surface area contributed by atoms with E-state index in [9.17, 15) is 34.8 Å². The highest BCUT2D eigenvalue weighted by atomic mass is 32.2. The van der Waals surface area contributed by atoms with E-state index in [2.05, 4.69) is 0 Å². The number of piperidine rings is 1. The first kappa shape index (κ1) is 24.4. The van der Waals surface area contributed by atoms with Gasteiger partial charge in [-0.2, -0.15) is 26.3 Å². The normalized spacial score (nSPS) is 17.9. The summed E-state index contributed by atoms with van der Waals surface area (Å²) in [7, 11) is -2.47. The molecule has 2 aromatic rings. The van der Waals surface area contributed by atoms with Crippen LogP contribution in [0.1, 0.15) is 29.5 Å². The molecular formula is C21H22F6N2O2S. The molecule has 0 unspecified atom stereocenters. The van der Waals surface area contributed by atoms with Crippen LogP contribution in [0.25, 0.3) is 0 Å². The fourth-order valence-corrected chi connectivity index (χ4v) is 5.57. The summed E-state index contributed by atoms with van der Waals surface area (Å²) >= 11 is 0. The first-order chi connectivity index (χ1) is 14.6. The van der Waals surface area contributed by atoms with E-state index in [1.165, 1.54) is 0 Å². The van der Waals surface area contributed by atoms with Gasteiger partial charge in [-0.15, -0.1) is 0 Å². The van der Waals surface area contributed by atoms with Gasteiger partial charge in [-0.25, -0.2) is 8.42 Å². The number of hydrogen-bond donors (Lipinski definition) is 0. The van der Waals surface area contributed by atoms with Crippen molar-refractivity contribution in [1.82, 2.24) is 4.90 Å². The number of rotatable bonds is 4. The number of nitrogens with zero attached hydrogens (tertiary/aromatic N) is 2. The maximum Gasteiger partial charge on any atom is 0.416 e. The second-order valence-electron chi connectivity index (χ2n) is 7.99. The van der Waals surface area contributed by atoms with Gasteiger partial charge in [-0.1, -0.05) is 30.3 Å². The number of likely N-dealkylation sites (tertiary alicyclic amines) is 1. The minimum absolute atomic E-state index is 0.00615. The van der Waals surface area contributed by atoms with E-state index >= 15 is 0 Å². The van der Waals surface area contributed by atoms with Gasteiger partial charge in [0.15, 0.2) is 0 Å². The second-order valence-corrected chi connectivity index (χ2v) is 9.82. The predicted octanol–water partition coefficient (Wildman–Crippen LogP) is 5.11. The number of alkyl halides is 6. The van der Waals surface area contributed by atoms with Crippen molar-refractivity contribution >= 4 is 15.7 Å². The molecule has 0 spiro atoms. The zero-order valence-electron chi connectivity index (χ0n) is 17.3. The topological polar surface area (TPSA) is 40.6 Å². The molecule has 3 rings (SSSR count). The largest absolute Gasteiger partial charge is 0.416 e. The van der Waals surface area contributed by atoms with Gasteiger partial charge in [-0.05, 0) is 43.7 Å². The molecule has 0 N–H and O–H groups in total. The molecule has 1 fully saturated rings. The van der Waals surface area contributed by atoms with Crippen LogP contribution in [0.2, 0.25) is 0 Å². The Kier molecular flexibility index (Phi) is 6.29. The van der Waals surface area contributed by atoms with Crippen LogP contribution in [0, 0.1) is 0 Å². The number of sulfonamides is 1. The van der Waals surface area contributed by atoms with Crippen molar-refractivity contribution in [3.05, 3.63) is 65.2 Å². The van der Waals surface area contributed by atoms with E-state index in [1.54, 1.807) is 30.3 Å². The third-order valence-electron chi connectivity index (χ3n) is 5.65. The number of benzene rings is 2. The molecule has 1 saturated heterocycles. The molecule has 0 amide bonds. The molecular weight excluding hydrogens is 458 g/mol. The molecule has 1 heterocycles. The van der Waals surface area contributed by atoms with Gasteiger partial charge in [0.05, 0.1) is 28.6 Å². The smallest absolute Gasteiger partial charge is 0.306 e. The van der Waals surface area contributed by atoms with Gasteiger partial charge in [-0.3, -0.25) is 4.31 Å². The van der Waals surface area contributed by atoms with Crippen LogP contribution in [0.3, 0.4) is 0 Å². The molecule has 176 valence electrons. The van der Waals surface area contributed by atoms with Crippen LogP contribution in [-0.4, -0.2) is 39.7 Å². The molecule has 0 aromatic heterocycles. The molecule has 0 radical (unpaired) electrons. The van der Waals surface area contributed by atoms with Crippen molar-refractivity contribution < 1.29 is 34.8 Å². The highest BCUT2D eigenvalue weighted by Gasteiger charge is 2.47. The third kappa shape index (κ3) is 4.88. The quantitative estimate of drug-likeness (QED) is 0.571. The van der Waals surface area contributed by atoms with Crippen LogP contribution >= 0.6 is 0 Å². The molecule has 0 atom stereocenters. The Balaban J connectivity index is 2.33. The predicted molar refractivity (Wildman–Crippen MR) is 109 cm³/mol. The Morgan fingerprint density at radius 2 is 1.34 bits per heavy atom. The minimum atomic E-state index is -5.09. The Hall–Kier alpha value is -2.27. The fraction of sp³-hybridized carbons (Fsp3) is 0.429. The highest BCUT2D eigenvalue weighted by Crippen LogP contribution is 2.46. The molecule has 1 aliphatic rings. The maximum atomic E-state index is 13.5. The SMILES string of the molecule is CN1CCC(c2ccccc2)(N(c2cc(C(F)(F)F)cc(C(F)(F)F)c2)S(C)(=O)=O)CC1. The fourth-order valence-electron chi connectivity index (χ4n) is 4.16. The van der Waals surface area contributed by atoms with Crippen LogP contribution in [0.15, 0.2) is 48.5 Å². The molecule has 2 aromatic carbocycles. The van der Waals surface area contributed by atoms with E-state index in [4.69, 9.17) is 0 Å². The maximum absolute atomic E-state index is 13.5. The average molecular weight is 480 g/mol. The van der Waals surface area contributed by atoms with Crippen LogP contribution in [0.4, 0.5) is 32.0 Å². The summed E-state index contributed by atoms with van der Waals surface area (Å²) in [6, 6.07) is 9.23. The van der Waals surface area contributed by atoms with Crippen molar-refractivity contribution in [1.29, 1.82) is 0 Å². The van der Waals surface area contributed by atoms with E-state index in [1.807, 2.05) is 11.9 Å². The first-order valence-corrected chi connectivity index (χ1v) is 11.5. The lowest BCUT2D eigenvalue weighted by molar-refractivity contribution is -0.143. The summed E-state index contributed by atoms with van der Waals surface area (Å²) in [5.74, 6) is 0. The molecule has 0 bridgehead atoms. The summed E-state index contributed by atoms with van der Waals surface area (Å²) < 4.78 is 107. The molecule has 0 aliphatic carbocycles. The average Bonchev–Trinajstić information content (AvgIpc) is 2.68. The van der Waals surface area contributed by atoms with Crippen molar-refractivity contribution in [3.8, 4) is 0 Å². The van der Waals surface area contributed by atoms with Gasteiger partial charge in [0, 0.05) is 13.1 Å². The van der Waals surface area contributed by atoms with Gasteiger partial charge < -0.3 is 4.90 Å². The van der Waals surface area contributed by atoms with Crippen molar-refractivity contribution in [3.63, 3.8) is 0 Å². The molecule has 1 aliphatic heterocycles. The van der Waals surface area contributed by atoms with Crippen molar-refractivity contribution in [2.24, 2.45) is 0 Å². The zero-order valence-corrected chi connectivity index (χ0v) is 18.2. The van der Waals surface area contributed by atoms with E-state index in [-0.39, 0.29) is 18.9 Å². The summed E-state index contributed by atoms with van der Waals surface area (Å²) in [6.07, 6.45) is -9.00. The van der Waals surface area contributed by atoms with Crippen LogP contribution < -0.4 is 4.31 Å². The summed E-state index contributed by atoms with van der Waals surface area (Å²) in [6.45, 7) is 0.817. The van der Waals surface area contributed by atoms with Gasteiger partial charge in [0.2, 0.25) is 10.0 Å². The Morgan fingerprint density at radius 1 is 0.875 bits per heavy atom. The summed E-state index contributed by atoms with van der Waals surface area (Å²) in [5.41, 5.74) is -4.62. The Morgan fingerprint density at radius 3 is 1.75 bits per heavy atom. The van der Waals surface area contributed by atoms with E-state index in [0.29, 0.717) is 30.8 Å². The van der Waals surface area contributed by atoms with Crippen LogP contribution in [0.5, 0.6) is 0 Å². The zero-order chi connectivity index (χ0) is 23.9. The van der Waals surface area contributed by atoms with Crippen molar-refractivity contribution in [2.45, 2.75) is 30.7 Å². The second kappa shape index (κ2) is 8.26. The number of anilines is 1. The first-order valence-electron chi connectivity index (χ1n) is 9.68. The standard InChI is InChI=1S/C21H22F6N2O2S/c1-28-10-8-19(9-11-28,15-6-4-3-5-7-15)29(32(2,30)31)18-13-16(20(22,23)24)12-17(14-18)21(25,26)27/h3-7,12-14H,8-11H2,1-2H3. The highest BCUT2D eigenvalue weighted by molar-refractivity contribution is 7.92. The molecule has 32 heavy (non-hydrogen) atoms. The molecule has 4 nitrogen and oxygen atoms in total. The van der Waals surface area contributed by atoms with Crippen LogP contribution in [-0.2, 0) is 27.9 Å². The Labute approximate surface area is 182 Å². The van der Waals surface area contributed by atoms with E-state index in [0.717, 1.165) is 10.6 Å². The van der Waals surface area contributed by atoms with Gasteiger partial charge in [0.25, 0.3) is 0 Å². The molecule has 0 saturated carbocycles. The lowest BCUT2D eigenvalue weighted by Crippen LogP contribution is -2.55. The van der Waals surface area contributed by atoms with Crippen molar-refractivity contribution in [2.75, 3.05) is 30.7 Å². The van der Waals surface area contributed by atoms with Gasteiger partial charge >= 0.3 is 12.4 Å². The molecule has 11 heteroatoms. The number of hydrogen-bond acceptors (Lipinski definition) is 3. The minimum Gasteiger partial charge on any atom is -0.306 e. The Bertz CT molecular complexity index is 1030. The lowest BCUT2D eigenvalue weighted by atomic mass is 9.80. The monoisotopic (exact) mass is 480 g/mol.